The number of hydrogen-bond donors (Lipinski definition) is 2. The van der Waals surface area contributed by atoms with Gasteiger partial charge in [0.25, 0.3) is 0 Å². The third kappa shape index (κ3) is 4.00. The summed E-state index contributed by atoms with van der Waals surface area (Å²) in [6.45, 7) is 2.79. The van der Waals surface area contributed by atoms with Crippen LogP contribution < -0.4 is 0 Å². The predicted octanol–water partition coefficient (Wildman–Crippen LogP) is 4.57. The van der Waals surface area contributed by atoms with Crippen molar-refractivity contribution in [3.63, 3.8) is 0 Å². The molecule has 0 atom stereocenters. The minimum absolute atomic E-state index is 1.62. The average Bonchev–Trinajstić information content (AvgIpc) is 2.77. The molecule has 0 bridgehead atoms. The number of benzene rings is 2. The van der Waals surface area contributed by atoms with E-state index in [0.717, 1.165) is 0 Å². The maximum absolute atomic E-state index is 14.1. The molecular formula is C19H8F10O4. The Morgan fingerprint density at radius 3 is 1.03 bits per heavy atom. The first-order valence-corrected chi connectivity index (χ1v) is 8.26. The minimum atomic E-state index is -3.54. The van der Waals surface area contributed by atoms with Crippen molar-refractivity contribution in [3.05, 3.63) is 81.5 Å². The Morgan fingerprint density at radius 1 is 0.576 bits per heavy atom. The Bertz CT molecular complexity index is 1080. The van der Waals surface area contributed by atoms with Gasteiger partial charge in [-0.25, -0.2) is 48.7 Å². The highest BCUT2D eigenvalue weighted by molar-refractivity contribution is 5.96. The lowest BCUT2D eigenvalue weighted by Gasteiger charge is -2.30. The number of carboxylic acid groups (broad SMARTS) is 2. The number of aliphatic carboxylic acids is 2. The van der Waals surface area contributed by atoms with Gasteiger partial charge in [-0.1, -0.05) is 6.58 Å². The maximum atomic E-state index is 14.1. The third-order valence-corrected chi connectivity index (χ3v) is 4.80. The van der Waals surface area contributed by atoms with Crippen molar-refractivity contribution in [1.82, 2.24) is 0 Å². The van der Waals surface area contributed by atoms with Crippen molar-refractivity contribution in [2.24, 2.45) is 5.41 Å². The molecule has 0 saturated heterocycles. The first-order valence-electron chi connectivity index (χ1n) is 8.26. The monoisotopic (exact) mass is 490 g/mol. The van der Waals surface area contributed by atoms with E-state index >= 15 is 0 Å². The maximum Gasteiger partial charge on any atom is 0.332 e. The van der Waals surface area contributed by atoms with Gasteiger partial charge < -0.3 is 10.2 Å². The molecule has 2 aromatic carbocycles. The fourth-order valence-corrected chi connectivity index (χ4v) is 2.98. The SMILES string of the molecule is C=C(C(=O)O)C(Cc1c(F)c(F)c(F)c(F)c1F)(Cc1c(F)c(F)c(F)c(F)c1F)C(=O)O. The van der Waals surface area contributed by atoms with Crippen LogP contribution in [-0.4, -0.2) is 22.2 Å². The van der Waals surface area contributed by atoms with E-state index in [1.807, 2.05) is 0 Å². The van der Waals surface area contributed by atoms with E-state index in [1.165, 1.54) is 0 Å². The van der Waals surface area contributed by atoms with Crippen LogP contribution in [0.1, 0.15) is 11.1 Å². The molecule has 14 heteroatoms. The molecule has 0 aliphatic carbocycles. The largest absolute Gasteiger partial charge is 0.481 e. The van der Waals surface area contributed by atoms with Crippen LogP contribution in [0, 0.1) is 63.6 Å². The summed E-state index contributed by atoms with van der Waals surface area (Å²) in [7, 11) is 0. The number of carbonyl (C=O) groups is 2. The average molecular weight is 490 g/mol. The van der Waals surface area contributed by atoms with Crippen molar-refractivity contribution in [3.8, 4) is 0 Å². The molecule has 0 fully saturated rings. The van der Waals surface area contributed by atoms with E-state index in [0.29, 0.717) is 0 Å². The molecule has 0 aromatic heterocycles. The molecular weight excluding hydrogens is 482 g/mol. The molecule has 0 aliphatic heterocycles. The van der Waals surface area contributed by atoms with Crippen LogP contribution in [0.25, 0.3) is 0 Å². The van der Waals surface area contributed by atoms with Gasteiger partial charge in [-0.15, -0.1) is 0 Å². The fourth-order valence-electron chi connectivity index (χ4n) is 2.98. The normalized spacial score (nSPS) is 11.6. The Kier molecular flexibility index (Phi) is 6.81. The Labute approximate surface area is 176 Å². The molecule has 0 heterocycles. The van der Waals surface area contributed by atoms with Crippen molar-refractivity contribution in [1.29, 1.82) is 0 Å². The quantitative estimate of drug-likeness (QED) is 0.258. The highest BCUT2D eigenvalue weighted by Gasteiger charge is 2.48. The third-order valence-electron chi connectivity index (χ3n) is 4.80. The fraction of sp³-hybridized carbons (Fsp3) is 0.158. The van der Waals surface area contributed by atoms with Gasteiger partial charge in [0.15, 0.2) is 46.5 Å². The predicted molar refractivity (Wildman–Crippen MR) is 86.7 cm³/mol. The molecule has 0 saturated carbocycles. The summed E-state index contributed by atoms with van der Waals surface area (Å²) in [6, 6.07) is 0. The number of carboxylic acids is 2. The highest BCUT2D eigenvalue weighted by Crippen LogP contribution is 2.40. The molecule has 2 aromatic rings. The van der Waals surface area contributed by atoms with Crippen molar-refractivity contribution in [2.75, 3.05) is 0 Å². The Balaban J connectivity index is 2.89. The molecule has 0 radical (unpaired) electrons. The number of rotatable bonds is 7. The molecule has 178 valence electrons. The van der Waals surface area contributed by atoms with Gasteiger partial charge in [0, 0.05) is 16.7 Å². The first-order chi connectivity index (χ1) is 15.1. The van der Waals surface area contributed by atoms with E-state index in [2.05, 4.69) is 6.58 Å². The number of hydrogen-bond acceptors (Lipinski definition) is 2. The standard InChI is InChI=1S/C19H8F10O4/c1-4(17(30)31)19(18(32)33,2-5-7(20)11(24)15(28)12(25)8(5)21)3-6-9(22)13(26)16(29)14(27)10(6)23/h1-3H2,(H,30,31)(H,32,33). The van der Waals surface area contributed by atoms with Gasteiger partial charge in [-0.05, 0) is 12.8 Å². The summed E-state index contributed by atoms with van der Waals surface area (Å²) >= 11 is 0. The summed E-state index contributed by atoms with van der Waals surface area (Å²) < 4.78 is 137. The van der Waals surface area contributed by atoms with E-state index in [1.54, 1.807) is 0 Å². The molecule has 0 amide bonds. The number of halogens is 10. The van der Waals surface area contributed by atoms with Gasteiger partial charge in [0.2, 0.25) is 11.6 Å². The lowest BCUT2D eigenvalue weighted by Crippen LogP contribution is -2.41. The summed E-state index contributed by atoms with van der Waals surface area (Å²) in [5.74, 6) is -30.9. The molecule has 2 rings (SSSR count). The Morgan fingerprint density at radius 2 is 0.818 bits per heavy atom. The van der Waals surface area contributed by atoms with Crippen LogP contribution in [0.4, 0.5) is 43.9 Å². The van der Waals surface area contributed by atoms with Gasteiger partial charge in [-0.2, -0.15) is 0 Å². The molecule has 0 unspecified atom stereocenters. The van der Waals surface area contributed by atoms with Gasteiger partial charge in [0.1, 0.15) is 5.41 Å². The molecule has 33 heavy (non-hydrogen) atoms. The zero-order valence-corrected chi connectivity index (χ0v) is 15.6. The van der Waals surface area contributed by atoms with Crippen molar-refractivity contribution >= 4 is 11.9 Å². The van der Waals surface area contributed by atoms with E-state index in [9.17, 15) is 58.6 Å². The molecule has 0 aliphatic rings. The van der Waals surface area contributed by atoms with Gasteiger partial charge in [0.05, 0.1) is 0 Å². The summed E-state index contributed by atoms with van der Waals surface area (Å²) in [5, 5.41) is 18.7. The lowest BCUT2D eigenvalue weighted by atomic mass is 9.71. The zero-order valence-electron chi connectivity index (χ0n) is 15.6. The van der Waals surface area contributed by atoms with Crippen LogP contribution >= 0.6 is 0 Å². The smallest absolute Gasteiger partial charge is 0.332 e. The molecule has 4 nitrogen and oxygen atoms in total. The minimum Gasteiger partial charge on any atom is -0.481 e. The topological polar surface area (TPSA) is 74.6 Å². The first kappa shape index (κ1) is 25.7. The zero-order chi connectivity index (χ0) is 25.6. The van der Waals surface area contributed by atoms with Crippen LogP contribution in [0.2, 0.25) is 0 Å². The Hall–Kier alpha value is -3.58. The van der Waals surface area contributed by atoms with Gasteiger partial charge >= 0.3 is 11.9 Å². The summed E-state index contributed by atoms with van der Waals surface area (Å²) in [6.07, 6.45) is -3.97. The second-order valence-electron chi connectivity index (χ2n) is 6.62. The second-order valence-corrected chi connectivity index (χ2v) is 6.62. The van der Waals surface area contributed by atoms with E-state index in [-0.39, 0.29) is 0 Å². The van der Waals surface area contributed by atoms with Crippen LogP contribution in [0.3, 0.4) is 0 Å². The summed E-state index contributed by atoms with van der Waals surface area (Å²) in [5.41, 5.74) is -9.02. The van der Waals surface area contributed by atoms with Crippen LogP contribution in [0.5, 0.6) is 0 Å². The van der Waals surface area contributed by atoms with E-state index < -0.39 is 105 Å². The van der Waals surface area contributed by atoms with Crippen molar-refractivity contribution in [2.45, 2.75) is 12.8 Å². The van der Waals surface area contributed by atoms with Gasteiger partial charge in [-0.3, -0.25) is 4.79 Å². The van der Waals surface area contributed by atoms with Crippen LogP contribution in [0.15, 0.2) is 12.2 Å². The lowest BCUT2D eigenvalue weighted by molar-refractivity contribution is -0.150. The summed E-state index contributed by atoms with van der Waals surface area (Å²) in [4.78, 5) is 23.4. The molecule has 2 N–H and O–H groups in total. The second kappa shape index (κ2) is 8.75. The van der Waals surface area contributed by atoms with Crippen molar-refractivity contribution < 1.29 is 63.7 Å². The highest BCUT2D eigenvalue weighted by atomic mass is 19.2. The van der Waals surface area contributed by atoms with E-state index in [4.69, 9.17) is 5.11 Å². The molecule has 0 spiro atoms. The van der Waals surface area contributed by atoms with Crippen LogP contribution in [-0.2, 0) is 22.4 Å².